The van der Waals surface area contributed by atoms with E-state index in [9.17, 15) is 13.2 Å². The Morgan fingerprint density at radius 2 is 1.94 bits per heavy atom. The van der Waals surface area contributed by atoms with Crippen molar-refractivity contribution in [1.82, 2.24) is 9.62 Å². The fourth-order valence-electron chi connectivity index (χ4n) is 1.05. The van der Waals surface area contributed by atoms with Gasteiger partial charge in [0.05, 0.1) is 12.4 Å². The lowest BCUT2D eigenvalue weighted by Crippen LogP contribution is -2.44. The lowest BCUT2D eigenvalue weighted by molar-refractivity contribution is -0.135. The van der Waals surface area contributed by atoms with Gasteiger partial charge >= 0.3 is 0 Å². The highest BCUT2D eigenvalue weighted by Crippen LogP contribution is 2.03. The molecule has 0 heterocycles. The van der Waals surface area contributed by atoms with Crippen LogP contribution in [0.15, 0.2) is 0 Å². The van der Waals surface area contributed by atoms with Crippen molar-refractivity contribution in [3.63, 3.8) is 0 Å². The fraction of sp³-hybridized carbons (Fsp3) is 0.889. The number of nitrogens with zero attached hydrogens (tertiary/aromatic N) is 1. The number of hydrogen-bond donors (Lipinski definition) is 1. The Balaban J connectivity index is 4.61. The second-order valence-electron chi connectivity index (χ2n) is 3.83. The highest BCUT2D eigenvalue weighted by molar-refractivity contribution is 7.88. The molecule has 0 radical (unpaired) electrons. The van der Waals surface area contributed by atoms with Crippen molar-refractivity contribution in [3.05, 3.63) is 0 Å². The van der Waals surface area contributed by atoms with Gasteiger partial charge in [0.1, 0.15) is 6.10 Å². The third kappa shape index (κ3) is 5.43. The molecule has 0 fully saturated rings. The molecule has 0 aliphatic heterocycles. The molecule has 16 heavy (non-hydrogen) atoms. The van der Waals surface area contributed by atoms with Gasteiger partial charge in [-0.05, 0) is 13.8 Å². The Morgan fingerprint density at radius 1 is 1.44 bits per heavy atom. The average Bonchev–Trinajstić information content (AvgIpc) is 2.13. The van der Waals surface area contributed by atoms with Gasteiger partial charge in [-0.2, -0.15) is 0 Å². The number of sulfonamides is 1. The summed E-state index contributed by atoms with van der Waals surface area (Å²) in [6, 6.07) is 0. The van der Waals surface area contributed by atoms with Crippen LogP contribution in [0.4, 0.5) is 0 Å². The minimum atomic E-state index is -3.30. The predicted molar refractivity (Wildman–Crippen MR) is 61.5 cm³/mol. The van der Waals surface area contributed by atoms with Crippen LogP contribution in [0.25, 0.3) is 0 Å². The molecule has 0 aromatic carbocycles. The highest BCUT2D eigenvalue weighted by atomic mass is 32.2. The van der Waals surface area contributed by atoms with E-state index in [-0.39, 0.29) is 18.6 Å². The quantitative estimate of drug-likeness (QED) is 0.686. The van der Waals surface area contributed by atoms with Crippen LogP contribution in [0.5, 0.6) is 0 Å². The van der Waals surface area contributed by atoms with Crippen molar-refractivity contribution in [2.75, 3.05) is 26.9 Å². The van der Waals surface area contributed by atoms with Crippen molar-refractivity contribution in [1.29, 1.82) is 0 Å². The van der Waals surface area contributed by atoms with Gasteiger partial charge in [0.2, 0.25) is 15.9 Å². The fourth-order valence-corrected chi connectivity index (χ4v) is 1.45. The molecule has 1 atom stereocenters. The van der Waals surface area contributed by atoms with Crippen LogP contribution < -0.4 is 5.32 Å². The van der Waals surface area contributed by atoms with Gasteiger partial charge in [0.15, 0.2) is 0 Å². The number of nitrogens with one attached hydrogen (secondary N) is 1. The van der Waals surface area contributed by atoms with Crippen LogP contribution >= 0.6 is 0 Å². The molecule has 0 aromatic heterocycles. The maximum atomic E-state index is 11.5. The molecule has 0 aliphatic carbocycles. The third-order valence-electron chi connectivity index (χ3n) is 1.96. The van der Waals surface area contributed by atoms with E-state index in [0.717, 1.165) is 10.6 Å². The van der Waals surface area contributed by atoms with E-state index in [2.05, 4.69) is 5.32 Å². The Bertz CT molecular complexity index is 326. The van der Waals surface area contributed by atoms with Gasteiger partial charge in [-0.1, -0.05) is 0 Å². The zero-order valence-electron chi connectivity index (χ0n) is 10.4. The zero-order chi connectivity index (χ0) is 12.9. The summed E-state index contributed by atoms with van der Waals surface area (Å²) in [5.74, 6) is -0.329. The van der Waals surface area contributed by atoms with Gasteiger partial charge < -0.3 is 10.1 Å². The molecule has 1 amide bonds. The van der Waals surface area contributed by atoms with Crippen molar-refractivity contribution < 1.29 is 17.9 Å². The normalized spacial score (nSPS) is 14.2. The van der Waals surface area contributed by atoms with Crippen LogP contribution in [-0.2, 0) is 19.6 Å². The summed E-state index contributed by atoms with van der Waals surface area (Å²) < 4.78 is 28.8. The number of ether oxygens (including phenoxy) is 1. The van der Waals surface area contributed by atoms with Crippen molar-refractivity contribution in [2.24, 2.45) is 0 Å². The second-order valence-corrected chi connectivity index (χ2v) is 5.92. The smallest absolute Gasteiger partial charge is 0.250 e. The van der Waals surface area contributed by atoms with Crippen molar-refractivity contribution in [3.8, 4) is 0 Å². The first kappa shape index (κ1) is 15.3. The topological polar surface area (TPSA) is 75.7 Å². The molecule has 0 aromatic rings. The first-order valence-electron chi connectivity index (χ1n) is 4.96. The summed E-state index contributed by atoms with van der Waals surface area (Å²) >= 11 is 0. The number of likely N-dealkylation sites (N-methyl/N-ethyl adjacent to an activating group) is 2. The van der Waals surface area contributed by atoms with E-state index in [1.54, 1.807) is 13.8 Å². The molecular formula is C9H20N2O4S. The Morgan fingerprint density at radius 3 is 2.25 bits per heavy atom. The molecule has 1 N–H and O–H groups in total. The number of carbonyl (C=O) groups is 1. The van der Waals surface area contributed by atoms with E-state index in [1.165, 1.54) is 14.1 Å². The third-order valence-corrected chi connectivity index (χ3v) is 3.25. The zero-order valence-corrected chi connectivity index (χ0v) is 11.2. The van der Waals surface area contributed by atoms with Crippen molar-refractivity contribution in [2.45, 2.75) is 26.1 Å². The molecular weight excluding hydrogens is 232 g/mol. The van der Waals surface area contributed by atoms with Gasteiger partial charge in [-0.15, -0.1) is 0 Å². The molecule has 0 saturated heterocycles. The summed E-state index contributed by atoms with van der Waals surface area (Å²) in [6.07, 6.45) is 0.156. The average molecular weight is 252 g/mol. The largest absolute Gasteiger partial charge is 0.364 e. The first-order chi connectivity index (χ1) is 7.18. The first-order valence-corrected chi connectivity index (χ1v) is 6.81. The summed E-state index contributed by atoms with van der Waals surface area (Å²) in [5, 5.41) is 2.44. The SMILES string of the molecule is CNC(=O)C(CN(C)S(C)(=O)=O)OC(C)C. The molecule has 1 unspecified atom stereocenters. The summed E-state index contributed by atoms with van der Waals surface area (Å²) in [5.41, 5.74) is 0. The minimum absolute atomic E-state index is 0.0106. The van der Waals surface area contributed by atoms with Crippen LogP contribution in [0.2, 0.25) is 0 Å². The van der Waals surface area contributed by atoms with E-state index in [0.29, 0.717) is 0 Å². The van der Waals surface area contributed by atoms with Crippen LogP contribution in [-0.4, -0.2) is 57.7 Å². The maximum absolute atomic E-state index is 11.5. The van der Waals surface area contributed by atoms with Gasteiger partial charge in [-0.3, -0.25) is 4.79 Å². The van der Waals surface area contributed by atoms with Crippen LogP contribution in [0.1, 0.15) is 13.8 Å². The number of rotatable bonds is 6. The second kappa shape index (κ2) is 6.17. The summed E-state index contributed by atoms with van der Waals surface area (Å²) in [7, 11) is -0.405. The standard InChI is InChI=1S/C9H20N2O4S/c1-7(2)15-8(9(12)10-3)6-11(4)16(5,13)14/h7-8H,6H2,1-5H3,(H,10,12). The number of amides is 1. The van der Waals surface area contributed by atoms with E-state index < -0.39 is 16.1 Å². The van der Waals surface area contributed by atoms with Crippen LogP contribution in [0.3, 0.4) is 0 Å². The molecule has 0 aliphatic rings. The molecule has 96 valence electrons. The number of carbonyl (C=O) groups excluding carboxylic acids is 1. The van der Waals surface area contributed by atoms with Gasteiger partial charge in [0.25, 0.3) is 0 Å². The Labute approximate surface area is 97.0 Å². The molecule has 0 saturated carbocycles. The maximum Gasteiger partial charge on any atom is 0.250 e. The molecule has 0 rings (SSSR count). The molecule has 6 nitrogen and oxygen atoms in total. The highest BCUT2D eigenvalue weighted by Gasteiger charge is 2.24. The predicted octanol–water partition coefficient (Wildman–Crippen LogP) is -0.583. The van der Waals surface area contributed by atoms with E-state index in [1.807, 2.05) is 0 Å². The summed E-state index contributed by atoms with van der Waals surface area (Å²) in [4.78, 5) is 11.5. The Kier molecular flexibility index (Phi) is 5.91. The van der Waals surface area contributed by atoms with Crippen LogP contribution in [0, 0.1) is 0 Å². The molecule has 0 spiro atoms. The Hall–Kier alpha value is -0.660. The monoisotopic (exact) mass is 252 g/mol. The number of hydrogen-bond acceptors (Lipinski definition) is 4. The summed E-state index contributed by atoms with van der Waals surface area (Å²) in [6.45, 7) is 3.59. The van der Waals surface area contributed by atoms with Gasteiger partial charge in [-0.25, -0.2) is 12.7 Å². The molecule has 0 bridgehead atoms. The molecule has 7 heteroatoms. The lowest BCUT2D eigenvalue weighted by Gasteiger charge is -2.23. The van der Waals surface area contributed by atoms with E-state index >= 15 is 0 Å². The van der Waals surface area contributed by atoms with Crippen molar-refractivity contribution >= 4 is 15.9 Å². The lowest BCUT2D eigenvalue weighted by atomic mass is 10.3. The van der Waals surface area contributed by atoms with Gasteiger partial charge in [0, 0.05) is 20.6 Å². The van der Waals surface area contributed by atoms with E-state index in [4.69, 9.17) is 4.74 Å². The minimum Gasteiger partial charge on any atom is -0.364 e.